The third kappa shape index (κ3) is 2.40. The zero-order valence-electron chi connectivity index (χ0n) is 7.77. The lowest BCUT2D eigenvalue weighted by molar-refractivity contribution is -0.104. The number of hydrogen-bond donors (Lipinski definition) is 0. The molecule has 0 saturated carbocycles. The molecule has 68 valence electrons. The second kappa shape index (κ2) is 4.40. The third-order valence-electron chi connectivity index (χ3n) is 1.64. The predicted octanol–water partition coefficient (Wildman–Crippen LogP) is 1.18. The first kappa shape index (κ1) is 9.45. The van der Waals surface area contributed by atoms with Crippen molar-refractivity contribution in [3.63, 3.8) is 0 Å². The van der Waals surface area contributed by atoms with Crippen molar-refractivity contribution in [2.75, 3.05) is 14.1 Å². The molecule has 1 heterocycles. The lowest BCUT2D eigenvalue weighted by Gasteiger charge is -2.15. The van der Waals surface area contributed by atoms with Crippen molar-refractivity contribution < 1.29 is 4.79 Å². The van der Waals surface area contributed by atoms with Gasteiger partial charge in [0.05, 0.1) is 11.4 Å². The highest BCUT2D eigenvalue weighted by Gasteiger charge is 2.02. The lowest BCUT2D eigenvalue weighted by Crippen LogP contribution is -2.11. The van der Waals surface area contributed by atoms with Gasteiger partial charge in [-0.3, -0.25) is 9.78 Å². The molecule has 0 bridgehead atoms. The number of pyridine rings is 1. The summed E-state index contributed by atoms with van der Waals surface area (Å²) in [7, 11) is 3.76. The Hall–Kier alpha value is -1.64. The lowest BCUT2D eigenvalue weighted by atomic mass is 10.2. The van der Waals surface area contributed by atoms with Crippen LogP contribution in [0.25, 0.3) is 5.70 Å². The fraction of sp³-hybridized carbons (Fsp3) is 0.200. The van der Waals surface area contributed by atoms with Gasteiger partial charge in [0.1, 0.15) is 6.29 Å². The molecule has 0 aliphatic carbocycles. The maximum absolute atomic E-state index is 10.4. The molecule has 3 heteroatoms. The Labute approximate surface area is 77.7 Å². The third-order valence-corrected chi connectivity index (χ3v) is 1.64. The number of hydrogen-bond acceptors (Lipinski definition) is 3. The van der Waals surface area contributed by atoms with E-state index < -0.39 is 0 Å². The van der Waals surface area contributed by atoms with Crippen molar-refractivity contribution in [1.29, 1.82) is 0 Å². The molecule has 3 nitrogen and oxygen atoms in total. The second-order valence-electron chi connectivity index (χ2n) is 2.80. The van der Waals surface area contributed by atoms with E-state index in [0.717, 1.165) is 17.7 Å². The van der Waals surface area contributed by atoms with Gasteiger partial charge in [0.25, 0.3) is 0 Å². The van der Waals surface area contributed by atoms with Crippen LogP contribution in [0.5, 0.6) is 0 Å². The van der Waals surface area contributed by atoms with Gasteiger partial charge in [-0.15, -0.1) is 0 Å². The fourth-order valence-electron chi connectivity index (χ4n) is 1.04. The van der Waals surface area contributed by atoms with Crippen molar-refractivity contribution in [2.45, 2.75) is 0 Å². The first-order valence-corrected chi connectivity index (χ1v) is 4.00. The first-order valence-electron chi connectivity index (χ1n) is 4.00. The Morgan fingerprint density at radius 2 is 2.23 bits per heavy atom. The minimum Gasteiger partial charge on any atom is -0.376 e. The molecule has 0 atom stereocenters. The molecule has 0 N–H and O–H groups in total. The number of nitrogens with zero attached hydrogens (tertiary/aromatic N) is 2. The summed E-state index contributed by atoms with van der Waals surface area (Å²) < 4.78 is 0. The van der Waals surface area contributed by atoms with Crippen molar-refractivity contribution in [1.82, 2.24) is 9.88 Å². The van der Waals surface area contributed by atoms with Crippen molar-refractivity contribution in [3.05, 3.63) is 36.2 Å². The minimum absolute atomic E-state index is 0.768. The van der Waals surface area contributed by atoms with Crippen LogP contribution in [0, 0.1) is 0 Å². The molecule has 13 heavy (non-hydrogen) atoms. The molecule has 0 aromatic carbocycles. The van der Waals surface area contributed by atoms with Crippen LogP contribution in [0.15, 0.2) is 30.5 Å². The van der Waals surface area contributed by atoms with E-state index in [1.54, 1.807) is 6.20 Å². The summed E-state index contributed by atoms with van der Waals surface area (Å²) in [6.07, 6.45) is 3.98. The Balaban J connectivity index is 3.03. The Morgan fingerprint density at radius 1 is 1.46 bits per heavy atom. The smallest absolute Gasteiger partial charge is 0.144 e. The van der Waals surface area contributed by atoms with Gasteiger partial charge < -0.3 is 4.90 Å². The van der Waals surface area contributed by atoms with Gasteiger partial charge in [-0.1, -0.05) is 6.07 Å². The van der Waals surface area contributed by atoms with Crippen molar-refractivity contribution >= 4 is 12.0 Å². The van der Waals surface area contributed by atoms with Crippen LogP contribution < -0.4 is 0 Å². The quantitative estimate of drug-likeness (QED) is 0.512. The van der Waals surface area contributed by atoms with Crippen LogP contribution in [-0.4, -0.2) is 30.3 Å². The van der Waals surface area contributed by atoms with Gasteiger partial charge in [-0.25, -0.2) is 0 Å². The van der Waals surface area contributed by atoms with Gasteiger partial charge in [0, 0.05) is 26.4 Å². The van der Waals surface area contributed by atoms with Crippen LogP contribution >= 0.6 is 0 Å². The summed E-state index contributed by atoms with van der Waals surface area (Å²) in [5, 5.41) is 0. The molecule has 1 rings (SSSR count). The Kier molecular flexibility index (Phi) is 3.20. The zero-order chi connectivity index (χ0) is 9.68. The number of carbonyl (C=O) groups excluding carboxylic acids is 1. The maximum atomic E-state index is 10.4. The standard InChI is InChI=1S/C10H12N2O/c1-12(2)10(6-8-13)9-5-3-4-7-11-9/h3-8H,1-2H3/b10-6+. The van der Waals surface area contributed by atoms with Gasteiger partial charge in [-0.2, -0.15) is 0 Å². The normalized spacial score (nSPS) is 11.1. The Morgan fingerprint density at radius 3 is 2.69 bits per heavy atom. The van der Waals surface area contributed by atoms with E-state index in [-0.39, 0.29) is 0 Å². The predicted molar refractivity (Wildman–Crippen MR) is 52.0 cm³/mol. The van der Waals surface area contributed by atoms with Gasteiger partial charge >= 0.3 is 0 Å². The number of carbonyl (C=O) groups is 1. The summed E-state index contributed by atoms with van der Waals surface area (Å²) in [6, 6.07) is 5.61. The van der Waals surface area contributed by atoms with Crippen molar-refractivity contribution in [3.8, 4) is 0 Å². The molecular formula is C10H12N2O. The van der Waals surface area contributed by atoms with E-state index in [1.807, 2.05) is 37.2 Å². The molecule has 0 fully saturated rings. The van der Waals surface area contributed by atoms with E-state index in [9.17, 15) is 4.79 Å². The van der Waals surface area contributed by atoms with Crippen LogP contribution in [0.3, 0.4) is 0 Å². The number of allylic oxidation sites excluding steroid dienone is 1. The molecule has 1 aromatic rings. The largest absolute Gasteiger partial charge is 0.376 e. The molecule has 0 saturated heterocycles. The highest BCUT2D eigenvalue weighted by atomic mass is 16.1. The molecule has 0 aliphatic rings. The second-order valence-corrected chi connectivity index (χ2v) is 2.80. The molecule has 0 aliphatic heterocycles. The zero-order valence-corrected chi connectivity index (χ0v) is 7.77. The molecule has 0 amide bonds. The van der Waals surface area contributed by atoms with E-state index >= 15 is 0 Å². The Bertz CT molecular complexity index is 304. The molecule has 0 spiro atoms. The van der Waals surface area contributed by atoms with Gasteiger partial charge in [0.15, 0.2) is 0 Å². The van der Waals surface area contributed by atoms with E-state index in [4.69, 9.17) is 0 Å². The van der Waals surface area contributed by atoms with Gasteiger partial charge in [-0.05, 0) is 12.1 Å². The fourth-order valence-corrected chi connectivity index (χ4v) is 1.04. The number of rotatable bonds is 3. The van der Waals surface area contributed by atoms with Crippen LogP contribution in [0.2, 0.25) is 0 Å². The van der Waals surface area contributed by atoms with Crippen LogP contribution in [-0.2, 0) is 4.79 Å². The molecular weight excluding hydrogens is 164 g/mol. The summed E-state index contributed by atoms with van der Waals surface area (Å²) in [4.78, 5) is 16.4. The van der Waals surface area contributed by atoms with Crippen LogP contribution in [0.1, 0.15) is 5.69 Å². The first-order chi connectivity index (χ1) is 6.25. The van der Waals surface area contributed by atoms with E-state index in [0.29, 0.717) is 0 Å². The van der Waals surface area contributed by atoms with Crippen LogP contribution in [0.4, 0.5) is 0 Å². The van der Waals surface area contributed by atoms with E-state index in [1.165, 1.54) is 6.08 Å². The summed E-state index contributed by atoms with van der Waals surface area (Å²) >= 11 is 0. The summed E-state index contributed by atoms with van der Waals surface area (Å²) in [6.45, 7) is 0. The molecule has 0 radical (unpaired) electrons. The molecule has 1 aromatic heterocycles. The minimum atomic E-state index is 0.768. The summed E-state index contributed by atoms with van der Waals surface area (Å²) in [5.41, 5.74) is 1.62. The maximum Gasteiger partial charge on any atom is 0.144 e. The topological polar surface area (TPSA) is 33.2 Å². The van der Waals surface area contributed by atoms with Crippen molar-refractivity contribution in [2.24, 2.45) is 0 Å². The number of aromatic nitrogens is 1. The highest BCUT2D eigenvalue weighted by molar-refractivity contribution is 5.79. The molecule has 0 unspecified atom stereocenters. The highest BCUT2D eigenvalue weighted by Crippen LogP contribution is 2.11. The monoisotopic (exact) mass is 176 g/mol. The van der Waals surface area contributed by atoms with Gasteiger partial charge in [0.2, 0.25) is 0 Å². The number of aldehydes is 1. The average molecular weight is 176 g/mol. The summed E-state index contributed by atoms with van der Waals surface area (Å²) in [5.74, 6) is 0. The SMILES string of the molecule is CN(C)/C(=C/C=O)c1ccccn1. The van der Waals surface area contributed by atoms with E-state index in [2.05, 4.69) is 4.98 Å². The average Bonchev–Trinajstić information content (AvgIpc) is 2.15.